The summed E-state index contributed by atoms with van der Waals surface area (Å²) >= 11 is 1.58. The van der Waals surface area contributed by atoms with E-state index in [4.69, 9.17) is 4.74 Å². The number of esters is 1. The van der Waals surface area contributed by atoms with Gasteiger partial charge in [0, 0.05) is 22.4 Å². The molecule has 0 spiro atoms. The van der Waals surface area contributed by atoms with E-state index in [0.29, 0.717) is 11.1 Å². The smallest absolute Gasteiger partial charge is 0.339 e. The monoisotopic (exact) mass is 347 g/mol. The fourth-order valence-corrected chi connectivity index (χ4v) is 3.88. The van der Waals surface area contributed by atoms with Crippen LogP contribution in [0.3, 0.4) is 0 Å². The highest BCUT2D eigenvalue weighted by Crippen LogP contribution is 2.30. The van der Waals surface area contributed by atoms with Crippen LogP contribution in [0.4, 0.5) is 4.39 Å². The van der Waals surface area contributed by atoms with Crippen LogP contribution in [-0.4, -0.2) is 18.5 Å². The van der Waals surface area contributed by atoms with Crippen LogP contribution in [0.1, 0.15) is 39.2 Å². The molecule has 2 aromatic rings. The Bertz CT molecular complexity index is 756. The zero-order valence-corrected chi connectivity index (χ0v) is 14.0. The van der Waals surface area contributed by atoms with Gasteiger partial charge in [0.15, 0.2) is 6.61 Å². The molecule has 1 aliphatic carbocycles. The molecule has 0 unspecified atom stereocenters. The van der Waals surface area contributed by atoms with Gasteiger partial charge in [0.05, 0.1) is 5.56 Å². The third kappa shape index (κ3) is 3.82. The van der Waals surface area contributed by atoms with Crippen molar-refractivity contribution in [2.75, 3.05) is 6.61 Å². The lowest BCUT2D eigenvalue weighted by molar-refractivity contribution is -0.124. The molecule has 0 saturated heterocycles. The summed E-state index contributed by atoms with van der Waals surface area (Å²) in [6, 6.07) is 6.22. The number of hydrogen-bond acceptors (Lipinski definition) is 4. The van der Waals surface area contributed by atoms with E-state index >= 15 is 0 Å². The Kier molecular flexibility index (Phi) is 5.25. The Balaban J connectivity index is 1.50. The van der Waals surface area contributed by atoms with Crippen LogP contribution in [0.5, 0.6) is 0 Å². The van der Waals surface area contributed by atoms with Gasteiger partial charge in [-0.3, -0.25) is 4.79 Å². The number of thiophene rings is 1. The van der Waals surface area contributed by atoms with Gasteiger partial charge in [0.1, 0.15) is 5.82 Å². The first-order valence-corrected chi connectivity index (χ1v) is 8.79. The average Bonchev–Trinajstić information content (AvgIpc) is 3.03. The molecule has 1 aromatic heterocycles. The van der Waals surface area contributed by atoms with Gasteiger partial charge in [-0.15, -0.1) is 11.3 Å². The molecule has 0 atom stereocenters. The van der Waals surface area contributed by atoms with Gasteiger partial charge in [-0.25, -0.2) is 9.18 Å². The van der Waals surface area contributed by atoms with E-state index in [1.165, 1.54) is 10.9 Å². The van der Waals surface area contributed by atoms with Crippen molar-refractivity contribution in [3.8, 4) is 0 Å². The molecule has 3 rings (SSSR count). The summed E-state index contributed by atoms with van der Waals surface area (Å²) < 4.78 is 18.6. The van der Waals surface area contributed by atoms with Crippen LogP contribution in [-0.2, 0) is 28.9 Å². The summed E-state index contributed by atoms with van der Waals surface area (Å²) in [6.45, 7) is -0.297. The summed E-state index contributed by atoms with van der Waals surface area (Å²) in [4.78, 5) is 25.2. The van der Waals surface area contributed by atoms with Gasteiger partial charge < -0.3 is 10.1 Å². The molecule has 1 amide bonds. The molecule has 6 heteroatoms. The van der Waals surface area contributed by atoms with Crippen molar-refractivity contribution >= 4 is 23.2 Å². The molecule has 24 heavy (non-hydrogen) atoms. The minimum atomic E-state index is -0.463. The molecule has 0 fully saturated rings. The van der Waals surface area contributed by atoms with E-state index in [1.807, 2.05) is 5.38 Å². The average molecular weight is 347 g/mol. The number of carbonyl (C=O) groups is 2. The van der Waals surface area contributed by atoms with E-state index in [0.717, 1.165) is 31.2 Å². The summed E-state index contributed by atoms with van der Waals surface area (Å²) in [7, 11) is 0. The van der Waals surface area contributed by atoms with Crippen LogP contribution < -0.4 is 5.32 Å². The minimum Gasteiger partial charge on any atom is -0.452 e. The fraction of sp³-hybridized carbons (Fsp3) is 0.333. The van der Waals surface area contributed by atoms with Crippen LogP contribution in [0.25, 0.3) is 0 Å². The molecule has 1 aliphatic rings. The minimum absolute atomic E-state index is 0.0664. The quantitative estimate of drug-likeness (QED) is 0.845. The van der Waals surface area contributed by atoms with Gasteiger partial charge in [-0.05, 0) is 37.3 Å². The maximum atomic E-state index is 13.5. The number of aryl methyl sites for hydroxylation is 1. The number of ether oxygens (including phenoxy) is 1. The second-order valence-electron chi connectivity index (χ2n) is 5.70. The number of nitrogens with one attached hydrogen (secondary N) is 1. The molecular formula is C18H18FNO3S. The lowest BCUT2D eigenvalue weighted by Gasteiger charge is -2.12. The maximum Gasteiger partial charge on any atom is 0.339 e. The number of halogens is 1. The highest BCUT2D eigenvalue weighted by Gasteiger charge is 2.21. The van der Waals surface area contributed by atoms with Crippen LogP contribution >= 0.6 is 11.3 Å². The molecule has 0 saturated carbocycles. The second kappa shape index (κ2) is 7.57. The number of benzene rings is 1. The maximum absolute atomic E-state index is 13.5. The lowest BCUT2D eigenvalue weighted by Crippen LogP contribution is -2.28. The highest BCUT2D eigenvalue weighted by molar-refractivity contribution is 7.10. The molecule has 1 N–H and O–H groups in total. The fourth-order valence-electron chi connectivity index (χ4n) is 2.76. The normalized spacial score (nSPS) is 13.2. The van der Waals surface area contributed by atoms with Crippen LogP contribution in [0.2, 0.25) is 0 Å². The SMILES string of the molecule is O=C(COC(=O)c1csc2c1CCCC2)NCc1ccccc1F. The van der Waals surface area contributed by atoms with Crippen molar-refractivity contribution in [1.29, 1.82) is 0 Å². The van der Waals surface area contributed by atoms with E-state index < -0.39 is 11.9 Å². The number of hydrogen-bond donors (Lipinski definition) is 1. The predicted octanol–water partition coefficient (Wildman–Crippen LogP) is 3.24. The largest absolute Gasteiger partial charge is 0.452 e. The van der Waals surface area contributed by atoms with E-state index in [2.05, 4.69) is 5.32 Å². The Morgan fingerprint density at radius 1 is 1.21 bits per heavy atom. The van der Waals surface area contributed by atoms with E-state index in [1.54, 1.807) is 29.5 Å². The third-order valence-electron chi connectivity index (χ3n) is 4.05. The molecule has 0 aliphatic heterocycles. The first kappa shape index (κ1) is 16.6. The van der Waals surface area contributed by atoms with Gasteiger partial charge in [0.25, 0.3) is 5.91 Å². The van der Waals surface area contributed by atoms with Crippen molar-refractivity contribution in [2.24, 2.45) is 0 Å². The summed E-state index contributed by atoms with van der Waals surface area (Å²) in [5.41, 5.74) is 2.05. The molecule has 1 aromatic carbocycles. The van der Waals surface area contributed by atoms with Gasteiger partial charge >= 0.3 is 5.97 Å². The number of fused-ring (bicyclic) bond motifs is 1. The summed E-state index contributed by atoms with van der Waals surface area (Å²) in [5, 5.41) is 4.36. The zero-order valence-electron chi connectivity index (χ0n) is 13.1. The van der Waals surface area contributed by atoms with E-state index in [9.17, 15) is 14.0 Å². The van der Waals surface area contributed by atoms with Crippen molar-refractivity contribution < 1.29 is 18.7 Å². The third-order valence-corrected chi connectivity index (χ3v) is 5.14. The Labute approximate surface area is 143 Å². The Morgan fingerprint density at radius 3 is 2.83 bits per heavy atom. The highest BCUT2D eigenvalue weighted by atomic mass is 32.1. The lowest BCUT2D eigenvalue weighted by atomic mass is 9.96. The molecule has 0 bridgehead atoms. The number of amides is 1. The molecule has 126 valence electrons. The molecule has 4 nitrogen and oxygen atoms in total. The van der Waals surface area contributed by atoms with Gasteiger partial charge in [-0.2, -0.15) is 0 Å². The summed E-state index contributed by atoms with van der Waals surface area (Å²) in [6.07, 6.45) is 4.13. The van der Waals surface area contributed by atoms with Gasteiger partial charge in [-0.1, -0.05) is 18.2 Å². The Morgan fingerprint density at radius 2 is 2.00 bits per heavy atom. The van der Waals surface area contributed by atoms with Crippen molar-refractivity contribution in [1.82, 2.24) is 5.32 Å². The van der Waals surface area contributed by atoms with Crippen molar-refractivity contribution in [3.63, 3.8) is 0 Å². The second-order valence-corrected chi connectivity index (χ2v) is 6.67. The van der Waals surface area contributed by atoms with Crippen LogP contribution in [0, 0.1) is 5.82 Å². The number of carbonyl (C=O) groups excluding carboxylic acids is 2. The standard InChI is InChI=1S/C18H18FNO3S/c19-15-7-3-1-5-12(15)9-20-17(21)10-23-18(22)14-11-24-16-8-4-2-6-13(14)16/h1,3,5,7,11H,2,4,6,8-10H2,(H,20,21). The molecule has 1 heterocycles. The molecular weight excluding hydrogens is 329 g/mol. The van der Waals surface area contributed by atoms with Crippen LogP contribution in [0.15, 0.2) is 29.6 Å². The van der Waals surface area contributed by atoms with E-state index in [-0.39, 0.29) is 19.0 Å². The van der Waals surface area contributed by atoms with Gasteiger partial charge in [0.2, 0.25) is 0 Å². The first-order chi connectivity index (χ1) is 11.6. The number of rotatable bonds is 5. The Hall–Kier alpha value is -2.21. The van der Waals surface area contributed by atoms with Crippen molar-refractivity contribution in [3.05, 3.63) is 57.0 Å². The topological polar surface area (TPSA) is 55.4 Å². The first-order valence-electron chi connectivity index (χ1n) is 7.91. The van der Waals surface area contributed by atoms with Crippen molar-refractivity contribution in [2.45, 2.75) is 32.2 Å². The summed E-state index contributed by atoms with van der Waals surface area (Å²) in [5.74, 6) is -1.29. The zero-order chi connectivity index (χ0) is 16.9. The molecule has 0 radical (unpaired) electrons. The predicted molar refractivity (Wildman–Crippen MR) is 89.5 cm³/mol.